The molecule has 0 spiro atoms. The number of hydrogen-bond donors (Lipinski definition) is 1. The number of carboxylic acid groups (broad SMARTS) is 1. The number of halogens is 2. The number of rotatable bonds is 5. The van der Waals surface area contributed by atoms with Crippen LogP contribution in [0.4, 0.5) is 9.18 Å². The van der Waals surface area contributed by atoms with E-state index in [-0.39, 0.29) is 23.2 Å². The van der Waals surface area contributed by atoms with Crippen molar-refractivity contribution in [1.82, 2.24) is 19.4 Å². The van der Waals surface area contributed by atoms with Crippen LogP contribution in [0.15, 0.2) is 52.7 Å². The number of aromatic nitrogens is 3. The van der Waals surface area contributed by atoms with Gasteiger partial charge in [-0.05, 0) is 42.9 Å². The smallest absolute Gasteiger partial charge is 0.407 e. The fourth-order valence-corrected chi connectivity index (χ4v) is 4.39. The first kappa shape index (κ1) is 22.3. The normalized spacial score (nSPS) is 15.8. The summed E-state index contributed by atoms with van der Waals surface area (Å²) in [5.41, 5.74) is 1.89. The number of benzene rings is 1. The second kappa shape index (κ2) is 9.30. The molecule has 1 atom stereocenters. The average molecular weight is 475 g/mol. The Morgan fingerprint density at radius 3 is 2.84 bits per heavy atom. The lowest BCUT2D eigenvalue weighted by Crippen LogP contribution is -2.39. The summed E-state index contributed by atoms with van der Waals surface area (Å²) in [5.74, 6) is -0.576. The monoisotopic (exact) mass is 474 g/mol. The first-order valence-electron chi connectivity index (χ1n) is 9.94. The quantitative estimate of drug-likeness (QED) is 0.428. The van der Waals surface area contributed by atoms with Crippen LogP contribution in [0.2, 0.25) is 5.02 Å². The van der Waals surface area contributed by atoms with Gasteiger partial charge in [0.1, 0.15) is 5.82 Å². The first-order chi connectivity index (χ1) is 15.4. The number of carbonyl (C=O) groups is 1. The maximum atomic E-state index is 14.3. The molecular formula is C22H20ClFN4O3S. The van der Waals surface area contributed by atoms with Crippen LogP contribution in [0.5, 0.6) is 0 Å². The van der Waals surface area contributed by atoms with Crippen LogP contribution in [-0.2, 0) is 6.54 Å². The van der Waals surface area contributed by atoms with E-state index in [2.05, 4.69) is 9.97 Å². The highest BCUT2D eigenvalue weighted by molar-refractivity contribution is 7.98. The molecule has 1 saturated heterocycles. The van der Waals surface area contributed by atoms with Crippen LogP contribution < -0.4 is 5.56 Å². The summed E-state index contributed by atoms with van der Waals surface area (Å²) in [6.07, 6.45) is 5.52. The van der Waals surface area contributed by atoms with Crippen molar-refractivity contribution in [1.29, 1.82) is 0 Å². The van der Waals surface area contributed by atoms with Crippen LogP contribution in [0.3, 0.4) is 0 Å². The van der Waals surface area contributed by atoms with Gasteiger partial charge in [-0.25, -0.2) is 19.2 Å². The Morgan fingerprint density at radius 2 is 2.12 bits per heavy atom. The molecule has 7 nitrogen and oxygen atoms in total. The molecule has 166 valence electrons. The molecule has 1 unspecified atom stereocenters. The van der Waals surface area contributed by atoms with Crippen molar-refractivity contribution in [3.8, 4) is 22.4 Å². The molecule has 10 heteroatoms. The van der Waals surface area contributed by atoms with Gasteiger partial charge in [0.25, 0.3) is 5.56 Å². The molecule has 3 heterocycles. The highest BCUT2D eigenvalue weighted by atomic mass is 35.5. The summed E-state index contributed by atoms with van der Waals surface area (Å²) in [6.45, 7) is 0.662. The number of likely N-dealkylation sites (tertiary alicyclic amines) is 1. The Hall–Kier alpha value is -2.91. The molecule has 4 rings (SSSR count). The van der Waals surface area contributed by atoms with Crippen LogP contribution in [-0.4, -0.2) is 49.5 Å². The van der Waals surface area contributed by atoms with E-state index in [0.717, 1.165) is 6.42 Å². The molecule has 0 aliphatic carbocycles. The van der Waals surface area contributed by atoms with Gasteiger partial charge in [-0.2, -0.15) is 0 Å². The summed E-state index contributed by atoms with van der Waals surface area (Å²) in [6, 6.07) is 7.29. The number of nitrogens with zero attached hydrogens (tertiary/aromatic N) is 4. The standard InChI is InChI=1S/C22H20ClFN4O3S/c1-32-21-25-7-6-19(26-21)15-10-20(29)27(11-14-3-2-8-28(14)22(30)31)12-16(15)13-4-5-17(23)18(24)9-13/h4-7,9-10,12,14H,2-3,8,11H2,1H3,(H,30,31). The van der Waals surface area contributed by atoms with Gasteiger partial charge in [-0.1, -0.05) is 29.4 Å². The number of amides is 1. The van der Waals surface area contributed by atoms with Gasteiger partial charge in [-0.3, -0.25) is 4.79 Å². The highest BCUT2D eigenvalue weighted by Crippen LogP contribution is 2.32. The van der Waals surface area contributed by atoms with Crippen molar-refractivity contribution in [3.05, 3.63) is 63.9 Å². The minimum absolute atomic E-state index is 0.00150. The second-order valence-electron chi connectivity index (χ2n) is 7.42. The van der Waals surface area contributed by atoms with Crippen LogP contribution in [0, 0.1) is 5.82 Å². The average Bonchev–Trinajstić information content (AvgIpc) is 3.25. The number of thioether (sulfide) groups is 1. The molecule has 1 fully saturated rings. The van der Waals surface area contributed by atoms with Crippen LogP contribution in [0.25, 0.3) is 22.4 Å². The predicted octanol–water partition coefficient (Wildman–Crippen LogP) is 4.63. The fraction of sp³-hybridized carbons (Fsp3) is 0.273. The molecule has 3 aromatic rings. The van der Waals surface area contributed by atoms with E-state index in [1.807, 2.05) is 6.26 Å². The van der Waals surface area contributed by atoms with E-state index in [1.54, 1.807) is 24.5 Å². The van der Waals surface area contributed by atoms with Gasteiger partial charge in [0.2, 0.25) is 0 Å². The van der Waals surface area contributed by atoms with Crippen LogP contribution >= 0.6 is 23.4 Å². The Morgan fingerprint density at radius 1 is 1.31 bits per heavy atom. The largest absolute Gasteiger partial charge is 0.465 e. The molecule has 0 radical (unpaired) electrons. The van der Waals surface area contributed by atoms with E-state index < -0.39 is 11.9 Å². The molecule has 1 aromatic carbocycles. The van der Waals surface area contributed by atoms with Crippen molar-refractivity contribution >= 4 is 29.5 Å². The maximum Gasteiger partial charge on any atom is 0.407 e. The molecule has 1 N–H and O–H groups in total. The summed E-state index contributed by atoms with van der Waals surface area (Å²) in [4.78, 5) is 34.5. The Balaban J connectivity index is 1.84. The zero-order valence-corrected chi connectivity index (χ0v) is 18.7. The zero-order valence-electron chi connectivity index (χ0n) is 17.2. The maximum absolute atomic E-state index is 14.3. The molecule has 2 aromatic heterocycles. The third kappa shape index (κ3) is 4.49. The van der Waals surface area contributed by atoms with Crippen molar-refractivity contribution in [2.24, 2.45) is 0 Å². The summed E-state index contributed by atoms with van der Waals surface area (Å²) < 4.78 is 15.7. The SMILES string of the molecule is CSc1nccc(-c2cc(=O)n(CC3CCCN3C(=O)O)cc2-c2ccc(Cl)c(F)c2)n1. The molecule has 0 saturated carbocycles. The number of pyridine rings is 1. The van der Waals surface area contributed by atoms with Crippen molar-refractivity contribution in [3.63, 3.8) is 0 Å². The molecule has 32 heavy (non-hydrogen) atoms. The lowest BCUT2D eigenvalue weighted by molar-refractivity contribution is 0.136. The van der Waals surface area contributed by atoms with Gasteiger partial charge >= 0.3 is 6.09 Å². The number of hydrogen-bond acceptors (Lipinski definition) is 5. The van der Waals surface area contributed by atoms with Crippen molar-refractivity contribution < 1.29 is 14.3 Å². The zero-order chi connectivity index (χ0) is 22.8. The van der Waals surface area contributed by atoms with E-state index >= 15 is 0 Å². The Bertz CT molecular complexity index is 1240. The van der Waals surface area contributed by atoms with Gasteiger partial charge < -0.3 is 14.6 Å². The van der Waals surface area contributed by atoms with Gasteiger partial charge in [0.15, 0.2) is 5.16 Å². The summed E-state index contributed by atoms with van der Waals surface area (Å²) in [7, 11) is 0. The first-order valence-corrected chi connectivity index (χ1v) is 11.5. The molecule has 1 aliphatic heterocycles. The van der Waals surface area contributed by atoms with Crippen molar-refractivity contribution in [2.45, 2.75) is 30.6 Å². The summed E-state index contributed by atoms with van der Waals surface area (Å²) >= 11 is 7.24. The van der Waals surface area contributed by atoms with E-state index in [9.17, 15) is 19.1 Å². The van der Waals surface area contributed by atoms with Gasteiger partial charge in [0.05, 0.1) is 16.8 Å². The molecular weight excluding hydrogens is 455 g/mol. The second-order valence-corrected chi connectivity index (χ2v) is 8.60. The van der Waals surface area contributed by atoms with E-state index in [1.165, 1.54) is 39.4 Å². The molecule has 1 amide bonds. The van der Waals surface area contributed by atoms with Gasteiger partial charge in [-0.15, -0.1) is 0 Å². The van der Waals surface area contributed by atoms with Crippen LogP contribution in [0.1, 0.15) is 12.8 Å². The lowest BCUT2D eigenvalue weighted by atomic mass is 9.99. The van der Waals surface area contributed by atoms with E-state index in [0.29, 0.717) is 40.5 Å². The Labute approximate surface area is 192 Å². The van der Waals surface area contributed by atoms with Crippen molar-refractivity contribution in [2.75, 3.05) is 12.8 Å². The lowest BCUT2D eigenvalue weighted by Gasteiger charge is -2.23. The summed E-state index contributed by atoms with van der Waals surface area (Å²) in [5, 5.41) is 9.97. The predicted molar refractivity (Wildman–Crippen MR) is 122 cm³/mol. The van der Waals surface area contributed by atoms with E-state index in [4.69, 9.17) is 11.6 Å². The Kier molecular flexibility index (Phi) is 6.48. The third-order valence-electron chi connectivity index (χ3n) is 5.48. The fourth-order valence-electron chi connectivity index (χ4n) is 3.91. The van der Waals surface area contributed by atoms with Gasteiger partial charge in [0, 0.05) is 42.7 Å². The minimum Gasteiger partial charge on any atom is -0.465 e. The molecule has 1 aliphatic rings. The molecule has 0 bridgehead atoms. The topological polar surface area (TPSA) is 88.3 Å². The highest BCUT2D eigenvalue weighted by Gasteiger charge is 2.29. The third-order valence-corrected chi connectivity index (χ3v) is 6.35. The minimum atomic E-state index is -0.997.